The Bertz CT molecular complexity index is 698. The highest BCUT2D eigenvalue weighted by molar-refractivity contribution is 6.02. The molecule has 2 rings (SSSR count). The van der Waals surface area contributed by atoms with Gasteiger partial charge in [-0.2, -0.15) is 4.99 Å². The predicted octanol–water partition coefficient (Wildman–Crippen LogP) is -0.0102. The van der Waals surface area contributed by atoms with E-state index in [0.717, 1.165) is 0 Å². The quantitative estimate of drug-likeness (QED) is 0.535. The van der Waals surface area contributed by atoms with E-state index in [4.69, 9.17) is 17.2 Å². The van der Waals surface area contributed by atoms with Crippen LogP contribution >= 0.6 is 0 Å². The number of hydrogen-bond donors (Lipinski definition) is 3. The normalized spacial score (nSPS) is 10.0. The van der Waals surface area contributed by atoms with Gasteiger partial charge in [0.25, 0.3) is 11.8 Å². The van der Waals surface area contributed by atoms with E-state index in [1.807, 2.05) is 0 Å². The van der Waals surface area contributed by atoms with Crippen molar-refractivity contribution < 1.29 is 9.59 Å². The van der Waals surface area contributed by atoms with Gasteiger partial charge < -0.3 is 21.8 Å². The topological polar surface area (TPSA) is 129 Å². The highest BCUT2D eigenvalue weighted by atomic mass is 16.1. The molecule has 0 spiro atoms. The minimum atomic E-state index is -0.559. The van der Waals surface area contributed by atoms with Gasteiger partial charge in [-0.1, -0.05) is 6.07 Å². The number of aliphatic imine (C=N–C) groups is 1. The highest BCUT2D eigenvalue weighted by Gasteiger charge is 2.10. The smallest absolute Gasteiger partial charge is 0.280 e. The van der Waals surface area contributed by atoms with Gasteiger partial charge in [-0.3, -0.25) is 9.59 Å². The lowest BCUT2D eigenvalue weighted by Crippen LogP contribution is -2.24. The number of nitrogens with two attached hydrogens (primary N) is 3. The molecule has 0 unspecified atom stereocenters. The van der Waals surface area contributed by atoms with Gasteiger partial charge in [0.2, 0.25) is 0 Å². The molecule has 0 atom stereocenters. The molecule has 0 saturated heterocycles. The summed E-state index contributed by atoms with van der Waals surface area (Å²) in [5.41, 5.74) is 16.8. The van der Waals surface area contributed by atoms with E-state index in [9.17, 15) is 9.59 Å². The van der Waals surface area contributed by atoms with Crippen molar-refractivity contribution in [3.8, 4) is 5.69 Å². The molecule has 0 bridgehead atoms. The number of carbonyl (C=O) groups is 2. The van der Waals surface area contributed by atoms with Gasteiger partial charge in [0.1, 0.15) is 5.69 Å². The molecule has 2 aromatic rings. The van der Waals surface area contributed by atoms with Crippen LogP contribution in [0.15, 0.2) is 47.6 Å². The van der Waals surface area contributed by atoms with Crippen LogP contribution < -0.4 is 17.2 Å². The summed E-state index contributed by atoms with van der Waals surface area (Å²) in [5, 5.41) is 0. The predicted molar refractivity (Wildman–Crippen MR) is 74.4 cm³/mol. The highest BCUT2D eigenvalue weighted by Crippen LogP contribution is 2.15. The molecule has 0 aliphatic carbocycles. The molecule has 1 aromatic carbocycles. The van der Waals surface area contributed by atoms with Crippen molar-refractivity contribution in [1.29, 1.82) is 0 Å². The molecular formula is C13H13N5O2. The van der Waals surface area contributed by atoms with Crippen LogP contribution in [0.4, 0.5) is 0 Å². The molecule has 0 radical (unpaired) electrons. The summed E-state index contributed by atoms with van der Waals surface area (Å²) >= 11 is 0. The molecule has 102 valence electrons. The molecular weight excluding hydrogens is 258 g/mol. The molecule has 2 amide bonds. The molecule has 0 fully saturated rings. The first kappa shape index (κ1) is 13.3. The van der Waals surface area contributed by atoms with Crippen LogP contribution in [-0.4, -0.2) is 22.3 Å². The van der Waals surface area contributed by atoms with E-state index in [1.54, 1.807) is 47.2 Å². The van der Waals surface area contributed by atoms with Crippen molar-refractivity contribution in [3.05, 3.63) is 53.9 Å². The maximum absolute atomic E-state index is 11.7. The maximum atomic E-state index is 11.7. The third-order valence-electron chi connectivity index (χ3n) is 2.60. The lowest BCUT2D eigenvalue weighted by atomic mass is 10.2. The molecule has 7 heteroatoms. The Morgan fingerprint density at radius 3 is 2.45 bits per heavy atom. The Kier molecular flexibility index (Phi) is 3.52. The monoisotopic (exact) mass is 271 g/mol. The molecule has 20 heavy (non-hydrogen) atoms. The van der Waals surface area contributed by atoms with Gasteiger partial charge in [0, 0.05) is 17.4 Å². The van der Waals surface area contributed by atoms with Crippen molar-refractivity contribution in [1.82, 2.24) is 4.57 Å². The minimum Gasteiger partial charge on any atom is -0.370 e. The number of nitrogens with zero attached hydrogens (tertiary/aromatic N) is 2. The van der Waals surface area contributed by atoms with Crippen LogP contribution in [0.25, 0.3) is 5.69 Å². The second-order valence-corrected chi connectivity index (χ2v) is 4.02. The summed E-state index contributed by atoms with van der Waals surface area (Å²) < 4.78 is 1.58. The van der Waals surface area contributed by atoms with Crippen molar-refractivity contribution in [2.24, 2.45) is 22.2 Å². The van der Waals surface area contributed by atoms with Gasteiger partial charge in [0.15, 0.2) is 5.96 Å². The Hall–Kier alpha value is -3.09. The van der Waals surface area contributed by atoms with Gasteiger partial charge >= 0.3 is 0 Å². The number of guanidine groups is 1. The molecule has 0 saturated carbocycles. The fourth-order valence-electron chi connectivity index (χ4n) is 1.78. The van der Waals surface area contributed by atoms with E-state index in [0.29, 0.717) is 16.9 Å². The lowest BCUT2D eigenvalue weighted by Gasteiger charge is -2.07. The van der Waals surface area contributed by atoms with Crippen LogP contribution in [0.2, 0.25) is 0 Å². The zero-order valence-corrected chi connectivity index (χ0v) is 10.5. The van der Waals surface area contributed by atoms with Crippen LogP contribution in [0.5, 0.6) is 0 Å². The zero-order chi connectivity index (χ0) is 14.7. The maximum Gasteiger partial charge on any atom is 0.280 e. The second-order valence-electron chi connectivity index (χ2n) is 4.02. The van der Waals surface area contributed by atoms with Crippen LogP contribution in [0, 0.1) is 0 Å². The third kappa shape index (κ3) is 2.66. The number of hydrogen-bond acceptors (Lipinski definition) is 2. The summed E-state index contributed by atoms with van der Waals surface area (Å²) in [6.45, 7) is 0. The fraction of sp³-hybridized carbons (Fsp3) is 0. The zero-order valence-electron chi connectivity index (χ0n) is 10.5. The van der Waals surface area contributed by atoms with Gasteiger partial charge in [-0.05, 0) is 30.3 Å². The lowest BCUT2D eigenvalue weighted by molar-refractivity contribution is 0.0990. The first-order chi connectivity index (χ1) is 9.49. The summed E-state index contributed by atoms with van der Waals surface area (Å²) in [6.07, 6.45) is 1.67. The average Bonchev–Trinajstić information content (AvgIpc) is 2.87. The molecule has 6 N–H and O–H groups in total. The fourth-order valence-corrected chi connectivity index (χ4v) is 1.78. The Morgan fingerprint density at radius 2 is 1.80 bits per heavy atom. The van der Waals surface area contributed by atoms with Crippen LogP contribution in [-0.2, 0) is 0 Å². The van der Waals surface area contributed by atoms with E-state index >= 15 is 0 Å². The van der Waals surface area contributed by atoms with Crippen molar-refractivity contribution >= 4 is 17.8 Å². The van der Waals surface area contributed by atoms with Gasteiger partial charge in [0.05, 0.1) is 0 Å². The first-order valence-corrected chi connectivity index (χ1v) is 5.70. The second kappa shape index (κ2) is 5.27. The number of aromatic nitrogens is 1. The van der Waals surface area contributed by atoms with Crippen molar-refractivity contribution in [2.45, 2.75) is 0 Å². The summed E-state index contributed by atoms with van der Waals surface area (Å²) in [4.78, 5) is 26.5. The van der Waals surface area contributed by atoms with E-state index < -0.39 is 11.8 Å². The first-order valence-electron chi connectivity index (χ1n) is 5.70. The minimum absolute atomic E-state index is 0.306. The largest absolute Gasteiger partial charge is 0.370 e. The van der Waals surface area contributed by atoms with Crippen LogP contribution in [0.3, 0.4) is 0 Å². The molecule has 1 heterocycles. The number of amides is 2. The number of carbonyl (C=O) groups excluding carboxylic acids is 2. The Labute approximate surface area is 114 Å². The van der Waals surface area contributed by atoms with Gasteiger partial charge in [-0.15, -0.1) is 0 Å². The van der Waals surface area contributed by atoms with Crippen molar-refractivity contribution in [3.63, 3.8) is 0 Å². The van der Waals surface area contributed by atoms with E-state index in [1.165, 1.54) is 0 Å². The Balaban J connectivity index is 2.45. The molecule has 0 aliphatic rings. The van der Waals surface area contributed by atoms with Crippen molar-refractivity contribution in [2.75, 3.05) is 0 Å². The summed E-state index contributed by atoms with van der Waals surface area (Å²) in [7, 11) is 0. The van der Waals surface area contributed by atoms with Crippen LogP contribution in [0.1, 0.15) is 20.8 Å². The van der Waals surface area contributed by atoms with E-state index in [-0.39, 0.29) is 5.96 Å². The molecule has 7 nitrogen and oxygen atoms in total. The van der Waals surface area contributed by atoms with Gasteiger partial charge in [-0.25, -0.2) is 0 Å². The summed E-state index contributed by atoms with van der Waals surface area (Å²) in [6, 6.07) is 9.82. The number of primary amides is 1. The standard InChI is InChI=1S/C13H13N5O2/c14-11(19)10-5-2-6-18(10)9-4-1-3-8(7-9)12(20)17-13(15)16/h1-7H,(H2,14,19)(H4,15,16,17,20). The third-order valence-corrected chi connectivity index (χ3v) is 2.60. The summed E-state index contributed by atoms with van der Waals surface area (Å²) in [5.74, 6) is -1.42. The SMILES string of the molecule is NC(=O)c1cccn1-c1cccc(C(=O)N=C(N)N)c1. The average molecular weight is 271 g/mol. The number of benzene rings is 1. The molecule has 1 aromatic heterocycles. The number of rotatable bonds is 3. The van der Waals surface area contributed by atoms with E-state index in [2.05, 4.69) is 4.99 Å². The Morgan fingerprint density at radius 1 is 1.05 bits per heavy atom. The molecule has 0 aliphatic heterocycles.